The van der Waals surface area contributed by atoms with Crippen LogP contribution in [0.3, 0.4) is 0 Å². The minimum absolute atomic E-state index is 0.0897. The molecule has 6 heteroatoms. The summed E-state index contributed by atoms with van der Waals surface area (Å²) in [6.45, 7) is 1.65. The smallest absolute Gasteiger partial charge is 0.312 e. The van der Waals surface area contributed by atoms with Crippen molar-refractivity contribution in [1.29, 1.82) is 0 Å². The van der Waals surface area contributed by atoms with Crippen LogP contribution in [0.25, 0.3) is 0 Å². The van der Waals surface area contributed by atoms with Gasteiger partial charge in [0.1, 0.15) is 0 Å². The minimum Gasteiger partial charge on any atom is -0.352 e. The lowest BCUT2D eigenvalue weighted by Gasteiger charge is -2.28. The van der Waals surface area contributed by atoms with Crippen LogP contribution in [0.4, 0.5) is 4.79 Å². The van der Waals surface area contributed by atoms with E-state index in [4.69, 9.17) is 5.73 Å². The molecule has 0 bridgehead atoms. The number of urea groups is 1. The van der Waals surface area contributed by atoms with Gasteiger partial charge in [-0.3, -0.25) is 4.79 Å². The molecule has 0 saturated carbocycles. The molecule has 2 heterocycles. The Kier molecular flexibility index (Phi) is 4.79. The van der Waals surface area contributed by atoms with E-state index in [-0.39, 0.29) is 18.4 Å². The number of piperidine rings is 1. The van der Waals surface area contributed by atoms with Crippen LogP contribution in [0, 0.1) is 0 Å². The number of nitrogens with zero attached hydrogens (tertiary/aromatic N) is 1. The van der Waals surface area contributed by atoms with Gasteiger partial charge < -0.3 is 16.0 Å². The van der Waals surface area contributed by atoms with Crippen molar-refractivity contribution >= 4 is 23.3 Å². The highest BCUT2D eigenvalue weighted by molar-refractivity contribution is 7.10. The van der Waals surface area contributed by atoms with Gasteiger partial charge in [-0.05, 0) is 30.7 Å². The first-order valence-corrected chi connectivity index (χ1v) is 7.42. The molecule has 0 aliphatic carbocycles. The number of primary amides is 1. The van der Waals surface area contributed by atoms with Crippen molar-refractivity contribution in [2.24, 2.45) is 5.73 Å². The zero-order valence-electron chi connectivity index (χ0n) is 10.8. The standard InChI is InChI=1S/C13H19N3O2S/c14-13(18)15-10(11-5-4-8-19-11)9-12(17)16-6-2-1-3-7-16/h4-5,8,10H,1-3,6-7,9H2,(H3,14,15,18). The van der Waals surface area contributed by atoms with Crippen molar-refractivity contribution in [2.45, 2.75) is 31.7 Å². The molecule has 5 nitrogen and oxygen atoms in total. The fourth-order valence-electron chi connectivity index (χ4n) is 2.33. The van der Waals surface area contributed by atoms with Crippen LogP contribution >= 0.6 is 11.3 Å². The van der Waals surface area contributed by atoms with Gasteiger partial charge in [0, 0.05) is 18.0 Å². The number of amides is 3. The molecule has 0 radical (unpaired) electrons. The van der Waals surface area contributed by atoms with Gasteiger partial charge in [0.15, 0.2) is 0 Å². The molecule has 2 rings (SSSR count). The lowest BCUT2D eigenvalue weighted by molar-refractivity contribution is -0.132. The van der Waals surface area contributed by atoms with Gasteiger partial charge in [-0.1, -0.05) is 6.07 Å². The normalized spacial score (nSPS) is 16.9. The first-order valence-electron chi connectivity index (χ1n) is 6.54. The second-order valence-corrected chi connectivity index (χ2v) is 5.70. The van der Waals surface area contributed by atoms with E-state index in [2.05, 4.69) is 5.32 Å². The summed E-state index contributed by atoms with van der Waals surface area (Å²) in [6.07, 6.45) is 3.61. The predicted molar refractivity (Wildman–Crippen MR) is 74.8 cm³/mol. The quantitative estimate of drug-likeness (QED) is 0.884. The molecule has 1 aromatic heterocycles. The summed E-state index contributed by atoms with van der Waals surface area (Å²) in [5.41, 5.74) is 5.18. The average Bonchev–Trinajstić information content (AvgIpc) is 2.92. The van der Waals surface area contributed by atoms with E-state index in [1.807, 2.05) is 22.4 Å². The Morgan fingerprint density at radius 3 is 2.68 bits per heavy atom. The van der Waals surface area contributed by atoms with Crippen molar-refractivity contribution in [1.82, 2.24) is 10.2 Å². The van der Waals surface area contributed by atoms with Crippen LogP contribution < -0.4 is 11.1 Å². The fourth-order valence-corrected chi connectivity index (χ4v) is 3.11. The van der Waals surface area contributed by atoms with Gasteiger partial charge in [0.25, 0.3) is 0 Å². The molecule has 3 amide bonds. The molecule has 1 aliphatic heterocycles. The highest BCUT2D eigenvalue weighted by Gasteiger charge is 2.23. The number of likely N-dealkylation sites (tertiary alicyclic amines) is 1. The highest BCUT2D eigenvalue weighted by Crippen LogP contribution is 2.23. The number of rotatable bonds is 4. The van der Waals surface area contributed by atoms with E-state index in [0.717, 1.165) is 30.8 Å². The number of thiophene rings is 1. The Balaban J connectivity index is 1.99. The summed E-state index contributed by atoms with van der Waals surface area (Å²) in [5.74, 6) is 0.0897. The highest BCUT2D eigenvalue weighted by atomic mass is 32.1. The van der Waals surface area contributed by atoms with Gasteiger partial charge in [-0.15, -0.1) is 11.3 Å². The average molecular weight is 281 g/mol. The number of hydrogen-bond acceptors (Lipinski definition) is 3. The molecule has 104 valence electrons. The summed E-state index contributed by atoms with van der Waals surface area (Å²) < 4.78 is 0. The molecule has 0 aromatic carbocycles. The zero-order valence-corrected chi connectivity index (χ0v) is 11.6. The number of nitrogens with one attached hydrogen (secondary N) is 1. The van der Waals surface area contributed by atoms with Crippen LogP contribution in [0.2, 0.25) is 0 Å². The number of nitrogens with two attached hydrogens (primary N) is 1. The fraction of sp³-hybridized carbons (Fsp3) is 0.538. The summed E-state index contributed by atoms with van der Waals surface area (Å²) in [4.78, 5) is 26.1. The maximum Gasteiger partial charge on any atom is 0.312 e. The Bertz CT molecular complexity index is 427. The van der Waals surface area contributed by atoms with Crippen LogP contribution in [0.1, 0.15) is 36.6 Å². The van der Waals surface area contributed by atoms with E-state index in [9.17, 15) is 9.59 Å². The van der Waals surface area contributed by atoms with E-state index in [1.165, 1.54) is 17.8 Å². The van der Waals surface area contributed by atoms with Gasteiger partial charge in [-0.2, -0.15) is 0 Å². The van der Waals surface area contributed by atoms with Crippen LogP contribution in [0.5, 0.6) is 0 Å². The predicted octanol–water partition coefficient (Wildman–Crippen LogP) is 1.86. The third-order valence-corrected chi connectivity index (χ3v) is 4.28. The molecular weight excluding hydrogens is 262 g/mol. The summed E-state index contributed by atoms with van der Waals surface area (Å²) >= 11 is 1.52. The first-order chi connectivity index (χ1) is 9.16. The summed E-state index contributed by atoms with van der Waals surface area (Å²) in [6, 6.07) is 2.91. The molecule has 19 heavy (non-hydrogen) atoms. The molecule has 1 aliphatic rings. The molecule has 1 aromatic rings. The van der Waals surface area contributed by atoms with E-state index in [1.54, 1.807) is 0 Å². The van der Waals surface area contributed by atoms with Crippen LogP contribution in [-0.4, -0.2) is 29.9 Å². The third kappa shape index (κ3) is 3.96. The number of hydrogen-bond donors (Lipinski definition) is 2. The summed E-state index contributed by atoms with van der Waals surface area (Å²) in [5, 5.41) is 4.58. The Hall–Kier alpha value is -1.56. The van der Waals surface area contributed by atoms with Crippen molar-refractivity contribution in [3.63, 3.8) is 0 Å². The van der Waals surface area contributed by atoms with Gasteiger partial charge in [0.05, 0.1) is 12.5 Å². The van der Waals surface area contributed by atoms with Crippen molar-refractivity contribution in [2.75, 3.05) is 13.1 Å². The molecule has 1 fully saturated rings. The largest absolute Gasteiger partial charge is 0.352 e. The SMILES string of the molecule is NC(=O)NC(CC(=O)N1CCCCC1)c1cccs1. The van der Waals surface area contributed by atoms with Crippen molar-refractivity contribution in [3.8, 4) is 0 Å². The topological polar surface area (TPSA) is 75.4 Å². The molecule has 0 spiro atoms. The number of carbonyl (C=O) groups excluding carboxylic acids is 2. The van der Waals surface area contributed by atoms with Crippen molar-refractivity contribution < 1.29 is 9.59 Å². The molecule has 3 N–H and O–H groups in total. The maximum atomic E-state index is 12.2. The lowest BCUT2D eigenvalue weighted by Crippen LogP contribution is -2.40. The number of carbonyl (C=O) groups is 2. The van der Waals surface area contributed by atoms with E-state index < -0.39 is 6.03 Å². The van der Waals surface area contributed by atoms with Crippen molar-refractivity contribution in [3.05, 3.63) is 22.4 Å². The molecule has 1 saturated heterocycles. The molecular formula is C13H19N3O2S. The molecule has 1 atom stereocenters. The lowest BCUT2D eigenvalue weighted by atomic mass is 10.1. The van der Waals surface area contributed by atoms with Crippen LogP contribution in [0.15, 0.2) is 17.5 Å². The van der Waals surface area contributed by atoms with E-state index in [0.29, 0.717) is 0 Å². The second kappa shape index (κ2) is 6.56. The van der Waals surface area contributed by atoms with Gasteiger partial charge >= 0.3 is 6.03 Å². The van der Waals surface area contributed by atoms with E-state index >= 15 is 0 Å². The van der Waals surface area contributed by atoms with Crippen LogP contribution in [-0.2, 0) is 4.79 Å². The Morgan fingerprint density at radius 1 is 1.37 bits per heavy atom. The maximum absolute atomic E-state index is 12.2. The Labute approximate surface area is 116 Å². The molecule has 1 unspecified atom stereocenters. The Morgan fingerprint density at radius 2 is 2.11 bits per heavy atom. The third-order valence-electron chi connectivity index (χ3n) is 3.29. The monoisotopic (exact) mass is 281 g/mol. The minimum atomic E-state index is -0.593. The second-order valence-electron chi connectivity index (χ2n) is 4.72. The van der Waals surface area contributed by atoms with Gasteiger partial charge in [-0.25, -0.2) is 4.79 Å². The summed E-state index contributed by atoms with van der Waals surface area (Å²) in [7, 11) is 0. The first kappa shape index (κ1) is 13.9. The van der Waals surface area contributed by atoms with Gasteiger partial charge in [0.2, 0.25) is 5.91 Å². The zero-order chi connectivity index (χ0) is 13.7.